The third-order valence-corrected chi connectivity index (χ3v) is 6.89. The molecule has 1 aliphatic heterocycles. The van der Waals surface area contributed by atoms with Gasteiger partial charge in [0.2, 0.25) is 0 Å². The van der Waals surface area contributed by atoms with E-state index >= 15 is 0 Å². The van der Waals surface area contributed by atoms with E-state index in [1.54, 1.807) is 24.3 Å². The lowest BCUT2D eigenvalue weighted by Gasteiger charge is -2.16. The van der Waals surface area contributed by atoms with Crippen LogP contribution in [0.4, 0.5) is 0 Å². The molecule has 0 aliphatic carbocycles. The van der Waals surface area contributed by atoms with Gasteiger partial charge < -0.3 is 4.74 Å². The van der Waals surface area contributed by atoms with Crippen LogP contribution in [0.3, 0.4) is 0 Å². The van der Waals surface area contributed by atoms with Crippen LogP contribution in [0.15, 0.2) is 71.6 Å². The maximum atomic E-state index is 12.8. The molecule has 3 aromatic carbocycles. The van der Waals surface area contributed by atoms with Gasteiger partial charge in [0, 0.05) is 10.6 Å². The summed E-state index contributed by atoms with van der Waals surface area (Å²) in [4.78, 5) is 25.9. The first-order chi connectivity index (χ1) is 16.3. The molecule has 5 nitrogen and oxygen atoms in total. The van der Waals surface area contributed by atoms with Gasteiger partial charge in [-0.05, 0) is 66.7 Å². The van der Waals surface area contributed by atoms with Crippen molar-refractivity contribution < 1.29 is 14.3 Å². The first kappa shape index (κ1) is 24.3. The van der Waals surface area contributed by atoms with Gasteiger partial charge in [-0.15, -0.1) is 0 Å². The molecule has 2 amide bonds. The molecular weight excluding hydrogens is 511 g/mol. The smallest absolute Gasteiger partial charge is 0.285 e. The average molecular weight is 529 g/mol. The van der Waals surface area contributed by atoms with Gasteiger partial charge in [0.1, 0.15) is 12.4 Å². The van der Waals surface area contributed by atoms with E-state index in [-0.39, 0.29) is 9.88 Å². The minimum Gasteiger partial charge on any atom is -0.489 e. The van der Waals surface area contributed by atoms with Gasteiger partial charge in [-0.1, -0.05) is 71.4 Å². The lowest BCUT2D eigenvalue weighted by molar-refractivity contribution is -0.123. The van der Waals surface area contributed by atoms with Crippen LogP contribution < -0.4 is 10.2 Å². The van der Waals surface area contributed by atoms with Crippen LogP contribution in [-0.2, 0) is 11.4 Å². The van der Waals surface area contributed by atoms with Gasteiger partial charge >= 0.3 is 0 Å². The molecule has 172 valence electrons. The molecule has 4 rings (SSSR count). The number of aryl methyl sites for hydroxylation is 1. The number of nitrogens with one attached hydrogen (secondary N) is 1. The Morgan fingerprint density at radius 3 is 2.53 bits per heavy atom. The Hall–Kier alpha value is -2.84. The van der Waals surface area contributed by atoms with Crippen LogP contribution in [0.5, 0.6) is 5.75 Å². The highest BCUT2D eigenvalue weighted by molar-refractivity contribution is 8.26. The fourth-order valence-corrected chi connectivity index (χ4v) is 4.81. The van der Waals surface area contributed by atoms with Crippen molar-refractivity contribution in [2.45, 2.75) is 13.5 Å². The highest BCUT2D eigenvalue weighted by atomic mass is 35.5. The van der Waals surface area contributed by atoms with Crippen molar-refractivity contribution in [1.29, 1.82) is 0 Å². The molecule has 1 saturated heterocycles. The van der Waals surface area contributed by atoms with E-state index in [0.29, 0.717) is 27.3 Å². The molecule has 0 radical (unpaired) electrons. The van der Waals surface area contributed by atoms with Crippen molar-refractivity contribution in [3.05, 3.63) is 104 Å². The van der Waals surface area contributed by atoms with Crippen LogP contribution in [0.2, 0.25) is 10.0 Å². The highest BCUT2D eigenvalue weighted by Gasteiger charge is 2.34. The van der Waals surface area contributed by atoms with E-state index in [1.807, 2.05) is 55.5 Å². The Morgan fingerprint density at radius 1 is 1.09 bits per heavy atom. The maximum Gasteiger partial charge on any atom is 0.285 e. The summed E-state index contributed by atoms with van der Waals surface area (Å²) in [5.74, 6) is -0.250. The number of thiocarbonyl (C=S) groups is 1. The quantitative estimate of drug-likeness (QED) is 0.295. The summed E-state index contributed by atoms with van der Waals surface area (Å²) in [5, 5.41) is 2.01. The third kappa shape index (κ3) is 5.62. The number of carbonyl (C=O) groups is 2. The number of halogens is 2. The molecule has 1 fully saturated rings. The topological polar surface area (TPSA) is 58.6 Å². The van der Waals surface area contributed by atoms with E-state index in [9.17, 15) is 9.59 Å². The number of hydrogen-bond donors (Lipinski definition) is 1. The molecule has 0 bridgehead atoms. The third-order valence-electron chi connectivity index (χ3n) is 4.91. The predicted molar refractivity (Wildman–Crippen MR) is 141 cm³/mol. The second-order valence-electron chi connectivity index (χ2n) is 7.39. The number of hydrazine groups is 1. The van der Waals surface area contributed by atoms with E-state index in [4.69, 9.17) is 40.2 Å². The van der Waals surface area contributed by atoms with Crippen LogP contribution in [0.1, 0.15) is 27.0 Å². The van der Waals surface area contributed by atoms with Crippen LogP contribution in [0, 0.1) is 6.92 Å². The maximum absolute atomic E-state index is 12.8. The molecule has 0 spiro atoms. The molecular formula is C25H18Cl2N2O3S2. The lowest BCUT2D eigenvalue weighted by Crippen LogP contribution is -2.44. The Balaban J connectivity index is 1.41. The fraction of sp³-hybridized carbons (Fsp3) is 0.0800. The van der Waals surface area contributed by atoms with Gasteiger partial charge in [-0.2, -0.15) is 5.01 Å². The fourth-order valence-electron chi connectivity index (χ4n) is 3.12. The summed E-state index contributed by atoms with van der Waals surface area (Å²) in [6, 6.07) is 19.8. The zero-order chi connectivity index (χ0) is 24.2. The van der Waals surface area contributed by atoms with Crippen LogP contribution in [-0.4, -0.2) is 21.1 Å². The predicted octanol–water partition coefficient (Wildman–Crippen LogP) is 6.43. The van der Waals surface area contributed by atoms with Gasteiger partial charge in [-0.3, -0.25) is 15.0 Å². The highest BCUT2D eigenvalue weighted by Crippen LogP contribution is 2.32. The molecule has 0 saturated carbocycles. The number of thioether (sulfide) groups is 1. The molecule has 1 heterocycles. The van der Waals surface area contributed by atoms with Crippen molar-refractivity contribution >= 4 is 69.4 Å². The number of hydrogen-bond acceptors (Lipinski definition) is 5. The number of amides is 2. The number of nitrogens with zero attached hydrogens (tertiary/aromatic N) is 1. The Labute approximate surface area is 216 Å². The molecule has 0 aromatic heterocycles. The molecule has 34 heavy (non-hydrogen) atoms. The van der Waals surface area contributed by atoms with E-state index < -0.39 is 11.8 Å². The minimum absolute atomic E-state index is 0.229. The summed E-state index contributed by atoms with van der Waals surface area (Å²) in [7, 11) is 0. The van der Waals surface area contributed by atoms with Crippen molar-refractivity contribution in [1.82, 2.24) is 10.4 Å². The number of rotatable bonds is 6. The minimum atomic E-state index is -0.512. The van der Waals surface area contributed by atoms with Gasteiger partial charge in [0.25, 0.3) is 11.8 Å². The second kappa shape index (κ2) is 10.6. The molecule has 3 aromatic rings. The summed E-state index contributed by atoms with van der Waals surface area (Å²) >= 11 is 18.7. The molecule has 0 unspecified atom stereocenters. The van der Waals surface area contributed by atoms with Gasteiger partial charge in [-0.25, -0.2) is 0 Å². The zero-order valence-electron chi connectivity index (χ0n) is 17.9. The van der Waals surface area contributed by atoms with Crippen molar-refractivity contribution in [2.24, 2.45) is 0 Å². The Bertz CT molecular complexity index is 1310. The standard InChI is InChI=1S/C25H18Cl2N2O3S2/c1-15-6-11-19(21(27)12-15)23(30)28-29-24(31)22(34-25(29)33)13-16-7-9-18(10-8-16)32-14-17-4-2-3-5-20(17)26/h2-13H,14H2,1H3,(H,28,30)/b22-13+. The van der Waals surface area contributed by atoms with E-state index in [2.05, 4.69) is 5.43 Å². The number of ether oxygens (including phenoxy) is 1. The Morgan fingerprint density at radius 2 is 1.82 bits per heavy atom. The summed E-state index contributed by atoms with van der Waals surface area (Å²) < 4.78 is 6.02. The lowest BCUT2D eigenvalue weighted by atomic mass is 10.1. The molecule has 9 heteroatoms. The Kier molecular flexibility index (Phi) is 7.58. The summed E-state index contributed by atoms with van der Waals surface area (Å²) in [6.45, 7) is 2.22. The molecule has 1 N–H and O–H groups in total. The first-order valence-corrected chi connectivity index (χ1v) is 12.1. The number of carbonyl (C=O) groups excluding carboxylic acids is 2. The first-order valence-electron chi connectivity index (χ1n) is 10.1. The number of benzene rings is 3. The van der Waals surface area contributed by atoms with E-state index in [0.717, 1.165) is 33.5 Å². The van der Waals surface area contributed by atoms with Crippen molar-refractivity contribution in [3.63, 3.8) is 0 Å². The van der Waals surface area contributed by atoms with Crippen LogP contribution >= 0.6 is 47.2 Å². The van der Waals surface area contributed by atoms with Gasteiger partial charge in [0.05, 0.1) is 15.5 Å². The largest absolute Gasteiger partial charge is 0.489 e. The monoisotopic (exact) mass is 528 g/mol. The summed E-state index contributed by atoms with van der Waals surface area (Å²) in [5.41, 5.74) is 5.42. The second-order valence-corrected chi connectivity index (χ2v) is 9.88. The molecule has 1 aliphatic rings. The van der Waals surface area contributed by atoms with Gasteiger partial charge in [0.15, 0.2) is 4.32 Å². The average Bonchev–Trinajstić information content (AvgIpc) is 3.06. The normalized spacial score (nSPS) is 14.6. The van der Waals surface area contributed by atoms with Crippen LogP contribution in [0.25, 0.3) is 6.08 Å². The SMILES string of the molecule is Cc1ccc(C(=O)NN2C(=O)/C(=C\c3ccc(OCc4ccccc4Cl)cc3)SC2=S)c(Cl)c1. The molecule has 0 atom stereocenters. The van der Waals surface area contributed by atoms with Crippen molar-refractivity contribution in [3.8, 4) is 5.75 Å². The zero-order valence-corrected chi connectivity index (χ0v) is 21.0. The van der Waals surface area contributed by atoms with Crippen molar-refractivity contribution in [2.75, 3.05) is 0 Å². The van der Waals surface area contributed by atoms with E-state index in [1.165, 1.54) is 0 Å². The summed E-state index contributed by atoms with van der Waals surface area (Å²) in [6.07, 6.45) is 1.71.